The lowest BCUT2D eigenvalue weighted by molar-refractivity contribution is -0.115. The fraction of sp³-hybridized carbons (Fsp3) is 0.182. The van der Waals surface area contributed by atoms with Crippen molar-refractivity contribution in [1.82, 2.24) is 19.7 Å². The molecule has 0 radical (unpaired) electrons. The van der Waals surface area contributed by atoms with E-state index < -0.39 is 0 Å². The summed E-state index contributed by atoms with van der Waals surface area (Å²) in [7, 11) is 0. The molecule has 2 aromatic heterocycles. The summed E-state index contributed by atoms with van der Waals surface area (Å²) in [5.74, 6) is 1.35. The number of hydrogen-bond donors (Lipinski definition) is 0. The lowest BCUT2D eigenvalue weighted by atomic mass is 10.2. The van der Waals surface area contributed by atoms with E-state index in [0.29, 0.717) is 15.9 Å². The molecule has 6 nitrogen and oxygen atoms in total. The van der Waals surface area contributed by atoms with Crippen molar-refractivity contribution in [3.8, 4) is 11.4 Å². The Morgan fingerprint density at radius 1 is 1.16 bits per heavy atom. The number of thioether (sulfide) groups is 1. The largest absolute Gasteiger partial charge is 0.302 e. The summed E-state index contributed by atoms with van der Waals surface area (Å²) >= 11 is 9.16. The number of hydrogen-bond acceptors (Lipinski definition) is 6. The average molecular weight is 470 g/mol. The van der Waals surface area contributed by atoms with Gasteiger partial charge < -0.3 is 4.57 Å². The van der Waals surface area contributed by atoms with Crippen LogP contribution in [0.3, 0.4) is 0 Å². The van der Waals surface area contributed by atoms with E-state index in [1.54, 1.807) is 23.6 Å². The first kappa shape index (κ1) is 21.5. The van der Waals surface area contributed by atoms with Gasteiger partial charge in [-0.3, -0.25) is 9.69 Å². The monoisotopic (exact) mass is 469 g/mol. The Morgan fingerprint density at radius 3 is 2.68 bits per heavy atom. The predicted molar refractivity (Wildman–Crippen MR) is 127 cm³/mol. The van der Waals surface area contributed by atoms with Crippen LogP contribution in [-0.4, -0.2) is 25.7 Å². The Hall–Kier alpha value is -2.68. The number of aromatic nitrogens is 4. The van der Waals surface area contributed by atoms with Gasteiger partial charge in [0, 0.05) is 35.2 Å². The zero-order chi connectivity index (χ0) is 21.8. The van der Waals surface area contributed by atoms with E-state index in [2.05, 4.69) is 26.7 Å². The van der Waals surface area contributed by atoms with Crippen molar-refractivity contribution in [2.24, 2.45) is 0 Å². The molecule has 4 rings (SSSR count). The standard InChI is InChI=1S/C22H20ClN5OS2/c1-3-27-20(16-8-7-9-17(23)12-16)25-26-22(27)31-14-18-13-30-21(24-18)28(15(2)29)19-10-5-4-6-11-19/h4-13H,3,14H2,1-2H3. The molecule has 31 heavy (non-hydrogen) atoms. The maximum atomic E-state index is 12.2. The number of nitrogens with zero attached hydrogens (tertiary/aromatic N) is 5. The van der Waals surface area contributed by atoms with Gasteiger partial charge in [-0.1, -0.05) is 53.7 Å². The maximum absolute atomic E-state index is 12.2. The number of halogens is 1. The third kappa shape index (κ3) is 4.81. The second-order valence-electron chi connectivity index (χ2n) is 6.66. The molecule has 0 aliphatic rings. The zero-order valence-electron chi connectivity index (χ0n) is 17.0. The summed E-state index contributed by atoms with van der Waals surface area (Å²) in [6.45, 7) is 4.35. The third-order valence-corrected chi connectivity index (χ3v) is 6.64. The van der Waals surface area contributed by atoms with E-state index >= 15 is 0 Å². The van der Waals surface area contributed by atoms with Crippen LogP contribution in [0.25, 0.3) is 11.4 Å². The fourth-order valence-electron chi connectivity index (χ4n) is 3.13. The molecular formula is C22H20ClN5OS2. The highest BCUT2D eigenvalue weighted by Crippen LogP contribution is 2.32. The maximum Gasteiger partial charge on any atom is 0.230 e. The van der Waals surface area contributed by atoms with Gasteiger partial charge in [0.15, 0.2) is 16.1 Å². The van der Waals surface area contributed by atoms with Crippen LogP contribution in [0.1, 0.15) is 19.5 Å². The first-order valence-electron chi connectivity index (χ1n) is 9.69. The van der Waals surface area contributed by atoms with Crippen LogP contribution in [-0.2, 0) is 17.1 Å². The number of para-hydroxylation sites is 1. The highest BCUT2D eigenvalue weighted by atomic mass is 35.5. The lowest BCUT2D eigenvalue weighted by Gasteiger charge is -2.17. The van der Waals surface area contributed by atoms with Gasteiger partial charge in [0.05, 0.1) is 11.4 Å². The van der Waals surface area contributed by atoms with Gasteiger partial charge in [-0.15, -0.1) is 21.5 Å². The Kier molecular flexibility index (Phi) is 6.70. The highest BCUT2D eigenvalue weighted by molar-refractivity contribution is 7.98. The van der Waals surface area contributed by atoms with Crippen LogP contribution in [0.15, 0.2) is 65.1 Å². The second-order valence-corrected chi connectivity index (χ2v) is 8.88. The summed E-state index contributed by atoms with van der Waals surface area (Å²) in [6.07, 6.45) is 0. The molecule has 9 heteroatoms. The first-order chi connectivity index (χ1) is 15.1. The van der Waals surface area contributed by atoms with Crippen LogP contribution >= 0.6 is 34.7 Å². The number of carbonyl (C=O) groups is 1. The molecule has 0 saturated heterocycles. The Balaban J connectivity index is 1.52. The van der Waals surface area contributed by atoms with E-state index in [9.17, 15) is 4.79 Å². The molecule has 2 heterocycles. The minimum absolute atomic E-state index is 0.0726. The molecule has 0 aliphatic heterocycles. The summed E-state index contributed by atoms with van der Waals surface area (Å²) < 4.78 is 2.06. The molecule has 0 bridgehead atoms. The van der Waals surface area contributed by atoms with E-state index in [0.717, 1.165) is 34.5 Å². The number of amides is 1. The Labute approximate surface area is 193 Å². The van der Waals surface area contributed by atoms with Crippen LogP contribution in [0, 0.1) is 0 Å². The minimum atomic E-state index is -0.0726. The minimum Gasteiger partial charge on any atom is -0.302 e. The quantitative estimate of drug-likeness (QED) is 0.308. The summed E-state index contributed by atoms with van der Waals surface area (Å²) in [5, 5.41) is 12.9. The van der Waals surface area contributed by atoms with Crippen molar-refractivity contribution >= 4 is 51.4 Å². The van der Waals surface area contributed by atoms with E-state index in [-0.39, 0.29) is 5.91 Å². The number of thiazole rings is 1. The molecule has 0 spiro atoms. The lowest BCUT2D eigenvalue weighted by Crippen LogP contribution is -2.22. The first-order valence-corrected chi connectivity index (χ1v) is 11.9. The second kappa shape index (κ2) is 9.64. The van der Waals surface area contributed by atoms with Crippen molar-refractivity contribution in [1.29, 1.82) is 0 Å². The predicted octanol–water partition coefficient (Wildman–Crippen LogP) is 6.05. The molecule has 0 unspecified atom stereocenters. The van der Waals surface area contributed by atoms with Gasteiger partial charge in [0.2, 0.25) is 5.91 Å². The Morgan fingerprint density at radius 2 is 1.97 bits per heavy atom. The van der Waals surface area contributed by atoms with Gasteiger partial charge in [-0.2, -0.15) is 0 Å². The van der Waals surface area contributed by atoms with Gasteiger partial charge >= 0.3 is 0 Å². The average Bonchev–Trinajstić information content (AvgIpc) is 3.39. The van der Waals surface area contributed by atoms with Crippen molar-refractivity contribution in [3.63, 3.8) is 0 Å². The third-order valence-electron chi connectivity index (χ3n) is 4.53. The van der Waals surface area contributed by atoms with Crippen molar-refractivity contribution in [2.45, 2.75) is 31.3 Å². The van der Waals surface area contributed by atoms with E-state index in [4.69, 9.17) is 11.6 Å². The molecule has 0 fully saturated rings. The number of anilines is 2. The topological polar surface area (TPSA) is 63.9 Å². The molecular weight excluding hydrogens is 450 g/mol. The summed E-state index contributed by atoms with van der Waals surface area (Å²) in [4.78, 5) is 18.5. The van der Waals surface area contributed by atoms with Crippen LogP contribution in [0.5, 0.6) is 0 Å². The van der Waals surface area contributed by atoms with E-state index in [1.165, 1.54) is 11.3 Å². The SMILES string of the molecule is CCn1c(SCc2csc(N(C(C)=O)c3ccccc3)n2)nnc1-c1cccc(Cl)c1. The molecule has 0 saturated carbocycles. The summed E-state index contributed by atoms with van der Waals surface area (Å²) in [6, 6.07) is 17.2. The van der Waals surface area contributed by atoms with Crippen LogP contribution in [0.4, 0.5) is 10.8 Å². The zero-order valence-corrected chi connectivity index (χ0v) is 19.4. The Bertz CT molecular complexity index is 1190. The highest BCUT2D eigenvalue weighted by Gasteiger charge is 2.19. The van der Waals surface area contributed by atoms with Crippen LogP contribution < -0.4 is 4.90 Å². The number of carbonyl (C=O) groups excluding carboxylic acids is 1. The molecule has 1 amide bonds. The molecule has 2 aromatic carbocycles. The van der Waals surface area contributed by atoms with Gasteiger partial charge in [0.1, 0.15) is 0 Å². The molecule has 0 atom stereocenters. The molecule has 0 aliphatic carbocycles. The van der Waals surface area contributed by atoms with Crippen molar-refractivity contribution in [2.75, 3.05) is 4.90 Å². The van der Waals surface area contributed by atoms with Crippen molar-refractivity contribution in [3.05, 3.63) is 70.7 Å². The van der Waals surface area contributed by atoms with Gasteiger partial charge in [-0.25, -0.2) is 4.98 Å². The van der Waals surface area contributed by atoms with Gasteiger partial charge in [0.25, 0.3) is 0 Å². The van der Waals surface area contributed by atoms with E-state index in [1.807, 2.05) is 60.0 Å². The molecule has 4 aromatic rings. The normalized spacial score (nSPS) is 10.9. The van der Waals surface area contributed by atoms with Crippen LogP contribution in [0.2, 0.25) is 5.02 Å². The summed E-state index contributed by atoms with van der Waals surface area (Å²) in [5.41, 5.74) is 2.63. The fourth-order valence-corrected chi connectivity index (χ4v) is 5.21. The van der Waals surface area contributed by atoms with Gasteiger partial charge in [-0.05, 0) is 31.2 Å². The smallest absolute Gasteiger partial charge is 0.230 e. The molecule has 158 valence electrons. The van der Waals surface area contributed by atoms with Crippen molar-refractivity contribution < 1.29 is 4.79 Å². The number of benzene rings is 2. The number of rotatable bonds is 7. The molecule has 0 N–H and O–H groups in total.